The number of halogens is 4. The third-order valence-corrected chi connectivity index (χ3v) is 4.09. The Morgan fingerprint density at radius 3 is 1.88 bits per heavy atom. The number of hydrogen-bond donors (Lipinski definition) is 1. The van der Waals surface area contributed by atoms with Crippen molar-refractivity contribution in [1.29, 1.82) is 0 Å². The maximum Gasteiger partial charge on any atom is 0.422 e. The zero-order chi connectivity index (χ0) is 18.7. The van der Waals surface area contributed by atoms with Gasteiger partial charge in [0.25, 0.3) is 0 Å². The quantitative estimate of drug-likeness (QED) is 0.325. The highest BCUT2D eigenvalue weighted by molar-refractivity contribution is 5.42. The van der Waals surface area contributed by atoms with Crippen LogP contribution >= 0.6 is 0 Å². The van der Waals surface area contributed by atoms with Gasteiger partial charge in [-0.15, -0.1) is 0 Å². The van der Waals surface area contributed by atoms with E-state index in [1.807, 2.05) is 0 Å². The predicted molar refractivity (Wildman–Crippen MR) is 90.4 cm³/mol. The lowest BCUT2D eigenvalue weighted by Crippen LogP contribution is -2.09. The molecule has 25 heavy (non-hydrogen) atoms. The van der Waals surface area contributed by atoms with Crippen LogP contribution in [0.25, 0.3) is 0 Å². The highest BCUT2D eigenvalue weighted by atomic mass is 19.4. The van der Waals surface area contributed by atoms with Crippen LogP contribution < -0.4 is 4.74 Å². The molecule has 6 heteroatoms. The molecule has 0 spiro atoms. The van der Waals surface area contributed by atoms with Crippen molar-refractivity contribution < 1.29 is 27.4 Å². The average molecular weight is 364 g/mol. The van der Waals surface area contributed by atoms with E-state index in [9.17, 15) is 22.7 Å². The minimum absolute atomic E-state index is 0.0843. The normalized spacial score (nSPS) is 11.7. The van der Waals surface area contributed by atoms with Crippen LogP contribution in [0.5, 0.6) is 11.5 Å². The van der Waals surface area contributed by atoms with Gasteiger partial charge in [0.15, 0.2) is 0 Å². The summed E-state index contributed by atoms with van der Waals surface area (Å²) >= 11 is 0. The largest absolute Gasteiger partial charge is 0.507 e. The van der Waals surface area contributed by atoms with Gasteiger partial charge in [-0.1, -0.05) is 64.7 Å². The Morgan fingerprint density at radius 1 is 0.880 bits per heavy atom. The van der Waals surface area contributed by atoms with Crippen LogP contribution in [0.4, 0.5) is 17.6 Å². The number of unbranched alkanes of at least 4 members (excludes halogenated alkanes) is 9. The fourth-order valence-corrected chi connectivity index (χ4v) is 2.71. The molecule has 0 atom stereocenters. The third-order valence-electron chi connectivity index (χ3n) is 4.09. The van der Waals surface area contributed by atoms with Crippen molar-refractivity contribution in [1.82, 2.24) is 0 Å². The molecule has 0 aliphatic rings. The first-order chi connectivity index (χ1) is 11.9. The van der Waals surface area contributed by atoms with E-state index in [1.54, 1.807) is 0 Å². The molecule has 2 nitrogen and oxygen atoms in total. The summed E-state index contributed by atoms with van der Waals surface area (Å²) in [5, 5.41) is 9.34. The van der Waals surface area contributed by atoms with Gasteiger partial charge >= 0.3 is 6.18 Å². The van der Waals surface area contributed by atoms with Gasteiger partial charge < -0.3 is 9.84 Å². The second-order valence-corrected chi connectivity index (χ2v) is 6.33. The maximum absolute atomic E-state index is 13.5. The monoisotopic (exact) mass is 364 g/mol. The minimum Gasteiger partial charge on any atom is -0.507 e. The topological polar surface area (TPSA) is 29.5 Å². The van der Waals surface area contributed by atoms with Crippen molar-refractivity contribution >= 4 is 0 Å². The van der Waals surface area contributed by atoms with E-state index >= 15 is 0 Å². The summed E-state index contributed by atoms with van der Waals surface area (Å²) in [4.78, 5) is 0. The zero-order valence-electron chi connectivity index (χ0n) is 14.8. The van der Waals surface area contributed by atoms with Crippen LogP contribution in [-0.2, 0) is 6.18 Å². The van der Waals surface area contributed by atoms with E-state index in [1.165, 1.54) is 44.9 Å². The summed E-state index contributed by atoms with van der Waals surface area (Å²) in [6, 6.07) is 1.47. The number of benzene rings is 1. The lowest BCUT2D eigenvalue weighted by molar-refractivity contribution is -0.141. The highest BCUT2D eigenvalue weighted by Gasteiger charge is 2.37. The van der Waals surface area contributed by atoms with E-state index in [-0.39, 0.29) is 5.75 Å². The van der Waals surface area contributed by atoms with Gasteiger partial charge in [0.05, 0.1) is 6.61 Å². The summed E-state index contributed by atoms with van der Waals surface area (Å²) in [5.41, 5.74) is -1.65. The molecule has 0 aliphatic carbocycles. The molecule has 0 aromatic heterocycles. The Kier molecular flexibility index (Phi) is 9.68. The van der Waals surface area contributed by atoms with Gasteiger partial charge in [0.1, 0.15) is 22.9 Å². The molecule has 0 radical (unpaired) electrons. The molecule has 0 fully saturated rings. The Morgan fingerprint density at radius 2 is 1.40 bits per heavy atom. The molecule has 1 aromatic carbocycles. The number of hydrogen-bond acceptors (Lipinski definition) is 2. The zero-order valence-corrected chi connectivity index (χ0v) is 14.8. The predicted octanol–water partition coefficient (Wildman–Crippen LogP) is 6.85. The standard InChI is InChI=1S/C19H28F4O2/c1-2-3-4-5-6-7-8-9-10-11-12-25-15-13-16(20)18(17(24)14-15)19(21,22)23/h13-14,24H,2-12H2,1H3. The summed E-state index contributed by atoms with van der Waals surface area (Å²) in [5.74, 6) is -2.75. The smallest absolute Gasteiger partial charge is 0.422 e. The number of aromatic hydroxyl groups is 1. The summed E-state index contributed by atoms with van der Waals surface area (Å²) < 4.78 is 56.3. The van der Waals surface area contributed by atoms with Gasteiger partial charge in [-0.05, 0) is 6.42 Å². The molecular weight excluding hydrogens is 336 g/mol. The van der Waals surface area contributed by atoms with Crippen LogP contribution in [0.1, 0.15) is 76.7 Å². The molecule has 0 saturated carbocycles. The van der Waals surface area contributed by atoms with E-state index in [4.69, 9.17) is 4.74 Å². The number of rotatable bonds is 12. The lowest BCUT2D eigenvalue weighted by atomic mass is 10.1. The first kappa shape index (κ1) is 21.6. The SMILES string of the molecule is CCCCCCCCCCCCOc1cc(O)c(C(F)(F)F)c(F)c1. The maximum atomic E-state index is 13.5. The van der Waals surface area contributed by atoms with Crippen molar-refractivity contribution in [2.24, 2.45) is 0 Å². The second-order valence-electron chi connectivity index (χ2n) is 6.33. The molecule has 1 aromatic rings. The molecular formula is C19H28F4O2. The Hall–Kier alpha value is -1.46. The number of phenolic OH excluding ortho intramolecular Hbond substituents is 1. The Balaban J connectivity index is 2.19. The first-order valence-electron chi connectivity index (χ1n) is 9.08. The van der Waals surface area contributed by atoms with Gasteiger partial charge in [0, 0.05) is 12.1 Å². The molecule has 0 saturated heterocycles. The van der Waals surface area contributed by atoms with Crippen molar-refractivity contribution in [2.45, 2.75) is 77.3 Å². The molecule has 0 amide bonds. The highest BCUT2D eigenvalue weighted by Crippen LogP contribution is 2.39. The Labute approximate surface area is 147 Å². The number of phenols is 1. The lowest BCUT2D eigenvalue weighted by Gasteiger charge is -2.12. The molecule has 1 rings (SSSR count). The Bertz CT molecular complexity index is 478. The van der Waals surface area contributed by atoms with Crippen LogP contribution in [0.15, 0.2) is 12.1 Å². The summed E-state index contributed by atoms with van der Waals surface area (Å²) in [7, 11) is 0. The van der Waals surface area contributed by atoms with Crippen LogP contribution in [0.2, 0.25) is 0 Å². The van der Waals surface area contributed by atoms with Crippen molar-refractivity contribution in [3.63, 3.8) is 0 Å². The van der Waals surface area contributed by atoms with Crippen LogP contribution in [0, 0.1) is 5.82 Å². The van der Waals surface area contributed by atoms with Crippen LogP contribution in [0.3, 0.4) is 0 Å². The van der Waals surface area contributed by atoms with Crippen molar-refractivity contribution in [2.75, 3.05) is 6.61 Å². The molecule has 0 unspecified atom stereocenters. The fraction of sp³-hybridized carbons (Fsp3) is 0.684. The number of alkyl halides is 3. The van der Waals surface area contributed by atoms with E-state index in [0.29, 0.717) is 12.7 Å². The molecule has 1 N–H and O–H groups in total. The van der Waals surface area contributed by atoms with Gasteiger partial charge in [-0.2, -0.15) is 13.2 Å². The van der Waals surface area contributed by atoms with E-state index in [0.717, 1.165) is 25.3 Å². The third kappa shape index (κ3) is 8.45. The van der Waals surface area contributed by atoms with Gasteiger partial charge in [-0.3, -0.25) is 0 Å². The van der Waals surface area contributed by atoms with E-state index in [2.05, 4.69) is 6.92 Å². The summed E-state index contributed by atoms with van der Waals surface area (Å²) in [6.07, 6.45) is 6.68. The van der Waals surface area contributed by atoms with Gasteiger partial charge in [-0.25, -0.2) is 4.39 Å². The molecule has 0 heterocycles. The molecule has 144 valence electrons. The second kappa shape index (κ2) is 11.2. The molecule has 0 bridgehead atoms. The van der Waals surface area contributed by atoms with E-state index < -0.39 is 23.3 Å². The van der Waals surface area contributed by atoms with Crippen LogP contribution in [-0.4, -0.2) is 11.7 Å². The minimum atomic E-state index is -4.93. The first-order valence-corrected chi connectivity index (χ1v) is 9.08. The summed E-state index contributed by atoms with van der Waals surface area (Å²) in [6.45, 7) is 2.49. The average Bonchev–Trinajstić information content (AvgIpc) is 2.50. The number of ether oxygens (including phenoxy) is 1. The van der Waals surface area contributed by atoms with Crippen molar-refractivity contribution in [3.8, 4) is 11.5 Å². The van der Waals surface area contributed by atoms with Gasteiger partial charge in [0.2, 0.25) is 0 Å². The molecule has 0 aliphatic heterocycles. The fourth-order valence-electron chi connectivity index (χ4n) is 2.71. The van der Waals surface area contributed by atoms with Crippen molar-refractivity contribution in [3.05, 3.63) is 23.5 Å².